The molecule has 2 nitrogen and oxygen atoms in total. The van der Waals surface area contributed by atoms with E-state index >= 15 is 0 Å². The molecule has 3 N–H and O–H groups in total. The van der Waals surface area contributed by atoms with E-state index in [0.717, 1.165) is 18.7 Å². The highest BCUT2D eigenvalue weighted by molar-refractivity contribution is 5.39. The zero-order chi connectivity index (χ0) is 10.4. The van der Waals surface area contributed by atoms with Crippen molar-refractivity contribution >= 4 is 5.69 Å². The minimum Gasteiger partial charge on any atom is -0.399 e. The molecule has 0 aromatic heterocycles. The quantitative estimate of drug-likeness (QED) is 0.554. The Hall–Kier alpha value is -1.02. The molecular weight excluding hydrogens is 172 g/mol. The first-order valence-corrected chi connectivity index (χ1v) is 5.26. The molecule has 0 unspecified atom stereocenters. The summed E-state index contributed by atoms with van der Waals surface area (Å²) >= 11 is 0. The summed E-state index contributed by atoms with van der Waals surface area (Å²) in [5, 5.41) is 3.40. The molecule has 0 amide bonds. The molecule has 0 aliphatic heterocycles. The van der Waals surface area contributed by atoms with Gasteiger partial charge in [-0.2, -0.15) is 0 Å². The van der Waals surface area contributed by atoms with Crippen molar-refractivity contribution in [3.8, 4) is 0 Å². The van der Waals surface area contributed by atoms with Gasteiger partial charge in [-0.05, 0) is 37.1 Å². The molecule has 2 heteroatoms. The molecule has 0 aliphatic carbocycles. The van der Waals surface area contributed by atoms with E-state index in [-0.39, 0.29) is 0 Å². The largest absolute Gasteiger partial charge is 0.399 e. The van der Waals surface area contributed by atoms with Gasteiger partial charge in [-0.1, -0.05) is 26.0 Å². The molecule has 14 heavy (non-hydrogen) atoms. The van der Waals surface area contributed by atoms with Crippen LogP contribution in [-0.2, 0) is 6.42 Å². The Kier molecular flexibility index (Phi) is 4.47. The Morgan fingerprint density at radius 3 is 2.43 bits per heavy atom. The fourth-order valence-electron chi connectivity index (χ4n) is 1.37. The van der Waals surface area contributed by atoms with Gasteiger partial charge in [-0.25, -0.2) is 0 Å². The molecule has 1 rings (SSSR count). The maximum atomic E-state index is 5.61. The van der Waals surface area contributed by atoms with E-state index in [4.69, 9.17) is 5.73 Å². The van der Waals surface area contributed by atoms with Crippen molar-refractivity contribution in [1.82, 2.24) is 5.32 Å². The van der Waals surface area contributed by atoms with Crippen LogP contribution in [0.25, 0.3) is 0 Å². The Morgan fingerprint density at radius 2 is 1.86 bits per heavy atom. The van der Waals surface area contributed by atoms with Crippen LogP contribution < -0.4 is 11.1 Å². The molecule has 0 radical (unpaired) electrons. The lowest BCUT2D eigenvalue weighted by molar-refractivity contribution is 0.570. The second-order valence-corrected chi connectivity index (χ2v) is 3.95. The third kappa shape index (κ3) is 4.28. The van der Waals surface area contributed by atoms with Crippen molar-refractivity contribution in [2.45, 2.75) is 32.7 Å². The number of hydrogen-bond donors (Lipinski definition) is 2. The fourth-order valence-corrected chi connectivity index (χ4v) is 1.37. The number of aryl methyl sites for hydroxylation is 1. The first-order valence-electron chi connectivity index (χ1n) is 5.26. The van der Waals surface area contributed by atoms with E-state index in [9.17, 15) is 0 Å². The zero-order valence-electron chi connectivity index (χ0n) is 9.09. The van der Waals surface area contributed by atoms with Gasteiger partial charge in [0.25, 0.3) is 0 Å². The lowest BCUT2D eigenvalue weighted by Gasteiger charge is -2.07. The van der Waals surface area contributed by atoms with Gasteiger partial charge in [0.2, 0.25) is 0 Å². The van der Waals surface area contributed by atoms with Gasteiger partial charge < -0.3 is 11.1 Å². The first kappa shape index (κ1) is 11.1. The van der Waals surface area contributed by atoms with Gasteiger partial charge >= 0.3 is 0 Å². The van der Waals surface area contributed by atoms with Crippen LogP contribution in [0.4, 0.5) is 5.69 Å². The second-order valence-electron chi connectivity index (χ2n) is 3.95. The van der Waals surface area contributed by atoms with Crippen LogP contribution in [-0.4, -0.2) is 12.6 Å². The summed E-state index contributed by atoms with van der Waals surface area (Å²) in [7, 11) is 0. The Bertz CT molecular complexity index is 252. The maximum absolute atomic E-state index is 5.61. The van der Waals surface area contributed by atoms with Gasteiger partial charge in [0.1, 0.15) is 0 Å². The Labute approximate surface area is 86.5 Å². The van der Waals surface area contributed by atoms with Crippen LogP contribution in [0.15, 0.2) is 24.3 Å². The van der Waals surface area contributed by atoms with E-state index in [1.807, 2.05) is 12.1 Å². The molecule has 0 heterocycles. The smallest absolute Gasteiger partial charge is 0.0314 e. The number of benzene rings is 1. The van der Waals surface area contributed by atoms with E-state index in [1.54, 1.807) is 0 Å². The van der Waals surface area contributed by atoms with Crippen LogP contribution in [0.3, 0.4) is 0 Å². The minimum absolute atomic E-state index is 0.585. The van der Waals surface area contributed by atoms with Gasteiger partial charge in [-0.3, -0.25) is 0 Å². The number of hydrogen-bond acceptors (Lipinski definition) is 2. The average molecular weight is 192 g/mol. The fraction of sp³-hybridized carbons (Fsp3) is 0.500. The second kappa shape index (κ2) is 5.66. The summed E-state index contributed by atoms with van der Waals surface area (Å²) in [6, 6.07) is 8.72. The third-order valence-electron chi connectivity index (χ3n) is 2.17. The van der Waals surface area contributed by atoms with Crippen molar-refractivity contribution in [3.63, 3.8) is 0 Å². The molecule has 1 aromatic rings. The summed E-state index contributed by atoms with van der Waals surface area (Å²) in [5.41, 5.74) is 7.82. The van der Waals surface area contributed by atoms with Crippen LogP contribution in [0.2, 0.25) is 0 Å². The normalized spacial score (nSPS) is 10.8. The van der Waals surface area contributed by atoms with Crippen molar-refractivity contribution < 1.29 is 0 Å². The molecule has 0 fully saturated rings. The summed E-state index contributed by atoms with van der Waals surface area (Å²) in [5.74, 6) is 0. The van der Waals surface area contributed by atoms with E-state index in [0.29, 0.717) is 6.04 Å². The van der Waals surface area contributed by atoms with Gasteiger partial charge in [0.05, 0.1) is 0 Å². The lowest BCUT2D eigenvalue weighted by Crippen LogP contribution is -2.23. The molecule has 0 aliphatic rings. The highest BCUT2D eigenvalue weighted by atomic mass is 14.9. The van der Waals surface area contributed by atoms with Crippen LogP contribution in [0, 0.1) is 0 Å². The topological polar surface area (TPSA) is 38.0 Å². The van der Waals surface area contributed by atoms with Crippen molar-refractivity contribution in [2.75, 3.05) is 12.3 Å². The summed E-state index contributed by atoms with van der Waals surface area (Å²) in [6.07, 6.45) is 2.31. The summed E-state index contributed by atoms with van der Waals surface area (Å²) in [6.45, 7) is 5.43. The highest BCUT2D eigenvalue weighted by Gasteiger charge is 1.94. The zero-order valence-corrected chi connectivity index (χ0v) is 9.09. The monoisotopic (exact) mass is 192 g/mol. The van der Waals surface area contributed by atoms with Crippen molar-refractivity contribution in [2.24, 2.45) is 0 Å². The predicted octanol–water partition coefficient (Wildman–Crippen LogP) is 2.20. The van der Waals surface area contributed by atoms with Crippen LogP contribution in [0.5, 0.6) is 0 Å². The number of nitrogens with one attached hydrogen (secondary N) is 1. The standard InChI is InChI=1S/C12H20N2/c1-10(2)14-9-3-4-11-5-7-12(13)8-6-11/h5-8,10,14H,3-4,9,13H2,1-2H3. The van der Waals surface area contributed by atoms with Crippen molar-refractivity contribution in [3.05, 3.63) is 29.8 Å². The molecule has 78 valence electrons. The van der Waals surface area contributed by atoms with Crippen LogP contribution >= 0.6 is 0 Å². The van der Waals surface area contributed by atoms with E-state index in [1.165, 1.54) is 12.0 Å². The van der Waals surface area contributed by atoms with Crippen molar-refractivity contribution in [1.29, 1.82) is 0 Å². The molecular formula is C12H20N2. The number of nitrogens with two attached hydrogens (primary N) is 1. The Morgan fingerprint density at radius 1 is 1.21 bits per heavy atom. The van der Waals surface area contributed by atoms with E-state index < -0.39 is 0 Å². The summed E-state index contributed by atoms with van der Waals surface area (Å²) < 4.78 is 0. The minimum atomic E-state index is 0.585. The van der Waals surface area contributed by atoms with Crippen LogP contribution in [0.1, 0.15) is 25.8 Å². The number of rotatable bonds is 5. The first-order chi connectivity index (χ1) is 6.68. The molecule has 0 bridgehead atoms. The van der Waals surface area contributed by atoms with Gasteiger partial charge in [0, 0.05) is 11.7 Å². The molecule has 0 saturated heterocycles. The molecule has 1 aromatic carbocycles. The maximum Gasteiger partial charge on any atom is 0.0314 e. The Balaban J connectivity index is 2.21. The van der Waals surface area contributed by atoms with Gasteiger partial charge in [0.15, 0.2) is 0 Å². The summed E-state index contributed by atoms with van der Waals surface area (Å²) in [4.78, 5) is 0. The molecule has 0 atom stereocenters. The molecule has 0 spiro atoms. The molecule has 0 saturated carbocycles. The number of anilines is 1. The lowest BCUT2D eigenvalue weighted by atomic mass is 10.1. The van der Waals surface area contributed by atoms with E-state index in [2.05, 4.69) is 31.3 Å². The predicted molar refractivity (Wildman–Crippen MR) is 62.3 cm³/mol. The average Bonchev–Trinajstić information content (AvgIpc) is 2.15. The highest BCUT2D eigenvalue weighted by Crippen LogP contribution is 2.07. The third-order valence-corrected chi connectivity index (χ3v) is 2.17. The number of nitrogen functional groups attached to an aromatic ring is 1. The SMILES string of the molecule is CC(C)NCCCc1ccc(N)cc1. The van der Waals surface area contributed by atoms with Gasteiger partial charge in [-0.15, -0.1) is 0 Å².